The number of ether oxygens (including phenoxy) is 1. The van der Waals surface area contributed by atoms with Gasteiger partial charge in [0.2, 0.25) is 0 Å². The van der Waals surface area contributed by atoms with Crippen molar-refractivity contribution in [1.29, 1.82) is 0 Å². The molecule has 1 aliphatic rings. The van der Waals surface area contributed by atoms with E-state index in [2.05, 4.69) is 4.98 Å². The number of nitrogens with zero attached hydrogens (tertiary/aromatic N) is 1. The standard InChI is InChI=1S/C13H19NO3/c1-2-12-14-11(9-17-12)13(15)16-8-7-10-5-3-4-6-10/h9-10H,2-8H2,1H3. The fraction of sp³-hybridized carbons (Fsp3) is 0.692. The van der Waals surface area contributed by atoms with Crippen LogP contribution in [-0.4, -0.2) is 17.6 Å². The quantitative estimate of drug-likeness (QED) is 0.739. The molecule has 0 bridgehead atoms. The lowest BCUT2D eigenvalue weighted by Crippen LogP contribution is -2.09. The van der Waals surface area contributed by atoms with E-state index in [1.165, 1.54) is 31.9 Å². The molecule has 0 aliphatic heterocycles. The molecule has 0 radical (unpaired) electrons. The molecule has 1 aliphatic carbocycles. The van der Waals surface area contributed by atoms with Crippen molar-refractivity contribution in [3.8, 4) is 0 Å². The fourth-order valence-corrected chi connectivity index (χ4v) is 2.26. The summed E-state index contributed by atoms with van der Waals surface area (Å²) in [5, 5.41) is 0. The van der Waals surface area contributed by atoms with Crippen molar-refractivity contribution in [3.63, 3.8) is 0 Å². The Morgan fingerprint density at radius 2 is 2.29 bits per heavy atom. The molecule has 0 spiro atoms. The molecule has 17 heavy (non-hydrogen) atoms. The summed E-state index contributed by atoms with van der Waals surface area (Å²) >= 11 is 0. The molecule has 1 saturated carbocycles. The van der Waals surface area contributed by atoms with Gasteiger partial charge in [-0.15, -0.1) is 0 Å². The maximum atomic E-state index is 11.6. The average molecular weight is 237 g/mol. The van der Waals surface area contributed by atoms with E-state index in [1.807, 2.05) is 6.92 Å². The van der Waals surface area contributed by atoms with Gasteiger partial charge in [0.1, 0.15) is 6.26 Å². The number of rotatable bonds is 5. The highest BCUT2D eigenvalue weighted by atomic mass is 16.5. The van der Waals surface area contributed by atoms with Gasteiger partial charge in [-0.25, -0.2) is 9.78 Å². The summed E-state index contributed by atoms with van der Waals surface area (Å²) in [6.45, 7) is 2.43. The van der Waals surface area contributed by atoms with Crippen LogP contribution in [0.25, 0.3) is 0 Å². The summed E-state index contributed by atoms with van der Waals surface area (Å²) in [7, 11) is 0. The lowest BCUT2D eigenvalue weighted by Gasteiger charge is -2.08. The molecule has 4 nitrogen and oxygen atoms in total. The summed E-state index contributed by atoms with van der Waals surface area (Å²) in [6, 6.07) is 0. The summed E-state index contributed by atoms with van der Waals surface area (Å²) in [5.74, 6) is 0.950. The zero-order chi connectivity index (χ0) is 12.1. The number of carbonyl (C=O) groups is 1. The predicted octanol–water partition coefficient (Wildman–Crippen LogP) is 2.97. The first-order valence-electron chi connectivity index (χ1n) is 6.41. The van der Waals surface area contributed by atoms with Crippen LogP contribution >= 0.6 is 0 Å². The number of aromatic nitrogens is 1. The minimum Gasteiger partial charge on any atom is -0.461 e. The first kappa shape index (κ1) is 12.1. The SMILES string of the molecule is CCc1nc(C(=O)OCCC2CCCC2)co1. The number of hydrogen-bond acceptors (Lipinski definition) is 4. The number of hydrogen-bond donors (Lipinski definition) is 0. The summed E-state index contributed by atoms with van der Waals surface area (Å²) in [4.78, 5) is 15.6. The molecule has 1 aromatic rings. The normalized spacial score (nSPS) is 16.3. The van der Waals surface area contributed by atoms with Gasteiger partial charge in [-0.3, -0.25) is 0 Å². The topological polar surface area (TPSA) is 52.3 Å². The van der Waals surface area contributed by atoms with Gasteiger partial charge in [0, 0.05) is 6.42 Å². The smallest absolute Gasteiger partial charge is 0.360 e. The third-order valence-corrected chi connectivity index (χ3v) is 3.30. The Hall–Kier alpha value is -1.32. The number of esters is 1. The van der Waals surface area contributed by atoms with Crippen LogP contribution in [0.1, 0.15) is 55.4 Å². The van der Waals surface area contributed by atoms with Gasteiger partial charge in [-0.1, -0.05) is 32.6 Å². The van der Waals surface area contributed by atoms with E-state index in [-0.39, 0.29) is 11.7 Å². The minimum atomic E-state index is -0.369. The molecular formula is C13H19NO3. The molecule has 0 N–H and O–H groups in total. The lowest BCUT2D eigenvalue weighted by atomic mass is 10.1. The number of carbonyl (C=O) groups excluding carboxylic acids is 1. The largest absolute Gasteiger partial charge is 0.461 e. The Labute approximate surface area is 101 Å². The van der Waals surface area contributed by atoms with Crippen molar-refractivity contribution < 1.29 is 13.9 Å². The van der Waals surface area contributed by atoms with Gasteiger partial charge in [-0.05, 0) is 12.3 Å². The van der Waals surface area contributed by atoms with Crippen LogP contribution < -0.4 is 0 Å². The Kier molecular flexibility index (Phi) is 4.18. The lowest BCUT2D eigenvalue weighted by molar-refractivity contribution is 0.0476. The Morgan fingerprint density at radius 3 is 2.94 bits per heavy atom. The number of aryl methyl sites for hydroxylation is 1. The molecule has 94 valence electrons. The molecule has 4 heteroatoms. The second kappa shape index (κ2) is 5.84. The maximum Gasteiger partial charge on any atom is 0.360 e. The minimum absolute atomic E-state index is 0.285. The van der Waals surface area contributed by atoms with E-state index in [9.17, 15) is 4.79 Å². The molecule has 1 aromatic heterocycles. The van der Waals surface area contributed by atoms with Crippen LogP contribution in [0.4, 0.5) is 0 Å². The van der Waals surface area contributed by atoms with Gasteiger partial charge >= 0.3 is 5.97 Å². The van der Waals surface area contributed by atoms with Crippen LogP contribution in [0.15, 0.2) is 10.7 Å². The first-order valence-corrected chi connectivity index (χ1v) is 6.41. The van der Waals surface area contributed by atoms with Crippen LogP contribution in [0.3, 0.4) is 0 Å². The third kappa shape index (κ3) is 3.32. The summed E-state index contributed by atoms with van der Waals surface area (Å²) in [5.41, 5.74) is 0.285. The van der Waals surface area contributed by atoms with E-state index in [0.29, 0.717) is 18.9 Å². The maximum absolute atomic E-state index is 11.6. The Balaban J connectivity index is 1.72. The van der Waals surface area contributed by atoms with Crippen molar-refractivity contribution >= 4 is 5.97 Å². The Bertz CT molecular complexity index is 366. The number of oxazole rings is 1. The molecule has 0 amide bonds. The van der Waals surface area contributed by atoms with E-state index in [4.69, 9.17) is 9.15 Å². The third-order valence-electron chi connectivity index (χ3n) is 3.30. The second-order valence-electron chi connectivity index (χ2n) is 4.56. The highest BCUT2D eigenvalue weighted by Gasteiger charge is 2.17. The van der Waals surface area contributed by atoms with Crippen LogP contribution in [0, 0.1) is 5.92 Å². The van der Waals surface area contributed by atoms with Crippen molar-refractivity contribution in [3.05, 3.63) is 17.8 Å². The highest BCUT2D eigenvalue weighted by molar-refractivity contribution is 5.86. The summed E-state index contributed by atoms with van der Waals surface area (Å²) < 4.78 is 10.3. The van der Waals surface area contributed by atoms with Crippen molar-refractivity contribution in [2.24, 2.45) is 5.92 Å². The molecule has 0 atom stereocenters. The van der Waals surface area contributed by atoms with E-state index < -0.39 is 0 Å². The van der Waals surface area contributed by atoms with Gasteiger partial charge in [0.15, 0.2) is 11.6 Å². The molecule has 0 aromatic carbocycles. The Morgan fingerprint density at radius 1 is 1.53 bits per heavy atom. The average Bonchev–Trinajstić information content (AvgIpc) is 2.99. The molecular weight excluding hydrogens is 218 g/mol. The van der Waals surface area contributed by atoms with Gasteiger partial charge in [-0.2, -0.15) is 0 Å². The van der Waals surface area contributed by atoms with Crippen LogP contribution in [-0.2, 0) is 11.2 Å². The molecule has 1 fully saturated rings. The van der Waals surface area contributed by atoms with Crippen LogP contribution in [0.2, 0.25) is 0 Å². The zero-order valence-electron chi connectivity index (χ0n) is 10.3. The first-order chi connectivity index (χ1) is 8.29. The van der Waals surface area contributed by atoms with Gasteiger partial charge < -0.3 is 9.15 Å². The van der Waals surface area contributed by atoms with Crippen molar-refractivity contribution in [1.82, 2.24) is 4.98 Å². The molecule has 2 rings (SSSR count). The molecule has 0 unspecified atom stereocenters. The van der Waals surface area contributed by atoms with Crippen LogP contribution in [0.5, 0.6) is 0 Å². The summed E-state index contributed by atoms with van der Waals surface area (Å²) in [6.07, 6.45) is 8.24. The monoisotopic (exact) mass is 237 g/mol. The highest BCUT2D eigenvalue weighted by Crippen LogP contribution is 2.27. The van der Waals surface area contributed by atoms with E-state index >= 15 is 0 Å². The predicted molar refractivity (Wildman–Crippen MR) is 62.7 cm³/mol. The van der Waals surface area contributed by atoms with Gasteiger partial charge in [0.05, 0.1) is 6.61 Å². The molecule has 1 heterocycles. The van der Waals surface area contributed by atoms with Crippen molar-refractivity contribution in [2.75, 3.05) is 6.61 Å². The van der Waals surface area contributed by atoms with Gasteiger partial charge in [0.25, 0.3) is 0 Å². The van der Waals surface area contributed by atoms with E-state index in [0.717, 1.165) is 12.3 Å². The molecule has 0 saturated heterocycles. The van der Waals surface area contributed by atoms with Crippen molar-refractivity contribution in [2.45, 2.75) is 45.4 Å². The fourth-order valence-electron chi connectivity index (χ4n) is 2.26. The second-order valence-corrected chi connectivity index (χ2v) is 4.56. The zero-order valence-corrected chi connectivity index (χ0v) is 10.3. The van der Waals surface area contributed by atoms with E-state index in [1.54, 1.807) is 0 Å².